The molecular formula is C6H13N3O2. The number of hydrogen-bond donors (Lipinski definition) is 3. The van der Waals surface area contributed by atoms with Crippen LogP contribution in [0.2, 0.25) is 0 Å². The summed E-state index contributed by atoms with van der Waals surface area (Å²) in [5, 5.41) is 10.0. The van der Waals surface area contributed by atoms with E-state index in [1.165, 1.54) is 0 Å². The summed E-state index contributed by atoms with van der Waals surface area (Å²) >= 11 is 0. The average Bonchev–Trinajstić information content (AvgIpc) is 1.93. The number of carbonyl (C=O) groups is 1. The zero-order valence-electron chi connectivity index (χ0n) is 6.29. The molecule has 1 aliphatic rings. The Labute approximate surface area is 65.1 Å². The molecule has 11 heavy (non-hydrogen) atoms. The van der Waals surface area contributed by atoms with Crippen LogP contribution in [-0.4, -0.2) is 35.3 Å². The normalized spacial score (nSPS) is 21.5. The molecule has 0 unspecified atom stereocenters. The standard InChI is InChI=1S/C6H13N3O2/c7-5-1-3-9(4-2-5)8-6(10)11/h5,8H,1-4,7H2,(H,10,11). The van der Waals surface area contributed by atoms with Crippen molar-refractivity contribution >= 4 is 6.09 Å². The Balaban J connectivity index is 2.22. The van der Waals surface area contributed by atoms with E-state index in [-0.39, 0.29) is 6.04 Å². The summed E-state index contributed by atoms with van der Waals surface area (Å²) < 4.78 is 0. The highest BCUT2D eigenvalue weighted by Crippen LogP contribution is 2.04. The maximum atomic E-state index is 10.2. The van der Waals surface area contributed by atoms with Gasteiger partial charge in [0.25, 0.3) is 0 Å². The highest BCUT2D eigenvalue weighted by molar-refractivity contribution is 5.63. The molecule has 5 heteroatoms. The molecular weight excluding hydrogens is 146 g/mol. The minimum atomic E-state index is -1.000. The van der Waals surface area contributed by atoms with Crippen molar-refractivity contribution < 1.29 is 9.90 Å². The van der Waals surface area contributed by atoms with E-state index in [4.69, 9.17) is 10.8 Å². The first-order valence-electron chi connectivity index (χ1n) is 3.68. The fraction of sp³-hybridized carbons (Fsp3) is 0.833. The lowest BCUT2D eigenvalue weighted by Gasteiger charge is -2.28. The van der Waals surface area contributed by atoms with Gasteiger partial charge in [-0.15, -0.1) is 0 Å². The second-order valence-corrected chi connectivity index (χ2v) is 2.74. The highest BCUT2D eigenvalue weighted by Gasteiger charge is 2.16. The van der Waals surface area contributed by atoms with Crippen LogP contribution in [0.5, 0.6) is 0 Å². The van der Waals surface area contributed by atoms with E-state index in [2.05, 4.69) is 5.43 Å². The zero-order chi connectivity index (χ0) is 8.27. The van der Waals surface area contributed by atoms with Crippen molar-refractivity contribution in [3.63, 3.8) is 0 Å². The van der Waals surface area contributed by atoms with E-state index in [0.29, 0.717) is 13.1 Å². The van der Waals surface area contributed by atoms with Gasteiger partial charge in [-0.25, -0.2) is 9.80 Å². The Morgan fingerprint density at radius 1 is 1.55 bits per heavy atom. The lowest BCUT2D eigenvalue weighted by atomic mass is 10.1. The largest absolute Gasteiger partial charge is 0.464 e. The van der Waals surface area contributed by atoms with E-state index in [0.717, 1.165) is 12.8 Å². The molecule has 4 N–H and O–H groups in total. The Morgan fingerprint density at radius 3 is 2.55 bits per heavy atom. The number of rotatable bonds is 1. The van der Waals surface area contributed by atoms with E-state index < -0.39 is 6.09 Å². The average molecular weight is 159 g/mol. The van der Waals surface area contributed by atoms with Gasteiger partial charge in [0.15, 0.2) is 0 Å². The summed E-state index contributed by atoms with van der Waals surface area (Å²) in [6, 6.07) is 0.238. The lowest BCUT2D eigenvalue weighted by molar-refractivity contribution is 0.119. The number of piperidine rings is 1. The van der Waals surface area contributed by atoms with Crippen LogP contribution in [-0.2, 0) is 0 Å². The van der Waals surface area contributed by atoms with Crippen LogP contribution >= 0.6 is 0 Å². The molecule has 0 aromatic rings. The second-order valence-electron chi connectivity index (χ2n) is 2.74. The monoisotopic (exact) mass is 159 g/mol. The first-order chi connectivity index (χ1) is 5.18. The molecule has 0 radical (unpaired) electrons. The number of hydrogen-bond acceptors (Lipinski definition) is 3. The molecule has 0 saturated carbocycles. The van der Waals surface area contributed by atoms with Gasteiger partial charge in [0, 0.05) is 19.1 Å². The zero-order valence-corrected chi connectivity index (χ0v) is 6.29. The highest BCUT2D eigenvalue weighted by atomic mass is 16.4. The minimum Gasteiger partial charge on any atom is -0.464 e. The van der Waals surface area contributed by atoms with Gasteiger partial charge in [0.2, 0.25) is 0 Å². The summed E-state index contributed by atoms with van der Waals surface area (Å²) in [6.07, 6.45) is 0.723. The summed E-state index contributed by atoms with van der Waals surface area (Å²) in [4.78, 5) is 10.2. The van der Waals surface area contributed by atoms with E-state index in [9.17, 15) is 4.79 Å². The molecule has 0 aliphatic carbocycles. The van der Waals surface area contributed by atoms with Crippen molar-refractivity contribution in [3.05, 3.63) is 0 Å². The van der Waals surface area contributed by atoms with Gasteiger partial charge < -0.3 is 10.8 Å². The molecule has 0 aromatic heterocycles. The molecule has 1 fully saturated rings. The summed E-state index contributed by atoms with van der Waals surface area (Å²) in [7, 11) is 0. The number of nitrogens with zero attached hydrogens (tertiary/aromatic N) is 1. The van der Waals surface area contributed by atoms with Crippen LogP contribution in [0.1, 0.15) is 12.8 Å². The van der Waals surface area contributed by atoms with Gasteiger partial charge in [0.1, 0.15) is 0 Å². The predicted molar refractivity (Wildman–Crippen MR) is 39.9 cm³/mol. The molecule has 1 saturated heterocycles. The fourth-order valence-electron chi connectivity index (χ4n) is 1.15. The number of carboxylic acid groups (broad SMARTS) is 1. The quantitative estimate of drug-likeness (QED) is 0.486. The number of nitrogens with two attached hydrogens (primary N) is 1. The Kier molecular flexibility index (Phi) is 2.67. The molecule has 1 heterocycles. The molecule has 1 aliphatic heterocycles. The van der Waals surface area contributed by atoms with Gasteiger partial charge in [-0.2, -0.15) is 0 Å². The summed E-state index contributed by atoms with van der Waals surface area (Å²) in [5.41, 5.74) is 7.92. The Morgan fingerprint density at radius 2 is 2.09 bits per heavy atom. The first kappa shape index (κ1) is 8.29. The van der Waals surface area contributed by atoms with Crippen LogP contribution in [0, 0.1) is 0 Å². The van der Waals surface area contributed by atoms with Gasteiger partial charge in [-0.3, -0.25) is 5.43 Å². The molecule has 5 nitrogen and oxygen atoms in total. The lowest BCUT2D eigenvalue weighted by Crippen LogP contribution is -2.48. The van der Waals surface area contributed by atoms with Gasteiger partial charge in [0.05, 0.1) is 0 Å². The van der Waals surface area contributed by atoms with Crippen molar-refractivity contribution in [1.29, 1.82) is 0 Å². The van der Waals surface area contributed by atoms with Crippen LogP contribution in [0.15, 0.2) is 0 Å². The van der Waals surface area contributed by atoms with Gasteiger partial charge in [-0.05, 0) is 12.8 Å². The van der Waals surface area contributed by atoms with Crippen molar-refractivity contribution in [2.24, 2.45) is 5.73 Å². The SMILES string of the molecule is NC1CCN(NC(=O)O)CC1. The van der Waals surface area contributed by atoms with Crippen LogP contribution in [0.25, 0.3) is 0 Å². The molecule has 0 bridgehead atoms. The van der Waals surface area contributed by atoms with Crippen molar-refractivity contribution in [1.82, 2.24) is 10.4 Å². The molecule has 1 rings (SSSR count). The first-order valence-corrected chi connectivity index (χ1v) is 3.68. The minimum absolute atomic E-state index is 0.238. The fourth-order valence-corrected chi connectivity index (χ4v) is 1.15. The van der Waals surface area contributed by atoms with E-state index in [1.54, 1.807) is 5.01 Å². The predicted octanol–water partition coefficient (Wildman–Crippen LogP) is -0.408. The maximum Gasteiger partial charge on any atom is 0.419 e. The third kappa shape index (κ3) is 2.73. The van der Waals surface area contributed by atoms with E-state index in [1.807, 2.05) is 0 Å². The third-order valence-corrected chi connectivity index (χ3v) is 1.79. The topological polar surface area (TPSA) is 78.6 Å². The summed E-state index contributed by atoms with van der Waals surface area (Å²) in [6.45, 7) is 1.43. The van der Waals surface area contributed by atoms with Gasteiger partial charge in [-0.1, -0.05) is 0 Å². The smallest absolute Gasteiger partial charge is 0.419 e. The maximum absolute atomic E-state index is 10.2. The molecule has 1 amide bonds. The van der Waals surface area contributed by atoms with Crippen molar-refractivity contribution in [2.75, 3.05) is 13.1 Å². The molecule has 0 aromatic carbocycles. The van der Waals surface area contributed by atoms with Crippen molar-refractivity contribution in [2.45, 2.75) is 18.9 Å². The Hall–Kier alpha value is -0.810. The number of hydrazine groups is 1. The van der Waals surface area contributed by atoms with Crippen LogP contribution in [0.3, 0.4) is 0 Å². The summed E-state index contributed by atoms with van der Waals surface area (Å²) in [5.74, 6) is 0. The third-order valence-electron chi connectivity index (χ3n) is 1.79. The molecule has 0 atom stereocenters. The second kappa shape index (κ2) is 3.54. The van der Waals surface area contributed by atoms with Crippen LogP contribution < -0.4 is 11.2 Å². The number of amides is 1. The molecule has 64 valence electrons. The van der Waals surface area contributed by atoms with Crippen LogP contribution in [0.4, 0.5) is 4.79 Å². The number of nitrogens with one attached hydrogen (secondary N) is 1. The van der Waals surface area contributed by atoms with Crippen molar-refractivity contribution in [3.8, 4) is 0 Å². The van der Waals surface area contributed by atoms with Gasteiger partial charge >= 0.3 is 6.09 Å². The van der Waals surface area contributed by atoms with E-state index >= 15 is 0 Å². The molecule has 0 spiro atoms. The Bertz CT molecular complexity index is 143.